The zero-order valence-electron chi connectivity index (χ0n) is 12.0. The lowest BCUT2D eigenvalue weighted by molar-refractivity contribution is 0.00128. The van der Waals surface area contributed by atoms with Crippen molar-refractivity contribution >= 4 is 17.6 Å². The maximum Gasteiger partial charge on any atom is 0.338 e. The van der Waals surface area contributed by atoms with Gasteiger partial charge in [0.2, 0.25) is 0 Å². The molecule has 0 N–H and O–H groups in total. The fourth-order valence-corrected chi connectivity index (χ4v) is 2.62. The summed E-state index contributed by atoms with van der Waals surface area (Å²) in [5.41, 5.74) is 1.33. The zero-order chi connectivity index (χ0) is 15.5. The molecule has 0 radical (unpaired) electrons. The molecule has 22 heavy (non-hydrogen) atoms. The minimum absolute atomic E-state index is 0.0973. The van der Waals surface area contributed by atoms with Crippen LogP contribution in [0.5, 0.6) is 5.75 Å². The van der Waals surface area contributed by atoms with Crippen LogP contribution < -0.4 is 4.74 Å². The van der Waals surface area contributed by atoms with E-state index in [1.165, 1.54) is 0 Å². The van der Waals surface area contributed by atoms with Gasteiger partial charge in [0.15, 0.2) is 5.15 Å². The minimum Gasteiger partial charge on any atom is -0.495 e. The number of ether oxygens (including phenoxy) is 2. The molecule has 1 fully saturated rings. The highest BCUT2D eigenvalue weighted by atomic mass is 35.5. The fourth-order valence-electron chi connectivity index (χ4n) is 2.49. The number of hydrogen-bond acceptors (Lipinski definition) is 5. The third-order valence-electron chi connectivity index (χ3n) is 3.74. The van der Waals surface area contributed by atoms with Crippen LogP contribution in [-0.4, -0.2) is 29.4 Å². The minimum atomic E-state index is -0.293. The first-order valence-electron chi connectivity index (χ1n) is 7.00. The van der Waals surface area contributed by atoms with Gasteiger partial charge in [-0.05, 0) is 25.0 Å². The number of aromatic nitrogens is 2. The SMILES string of the molecule is COc1cc(Cl)nnc1C1CC(OC(=O)c2ccccc2)C1. The van der Waals surface area contributed by atoms with Gasteiger partial charge in [0.25, 0.3) is 0 Å². The van der Waals surface area contributed by atoms with Gasteiger partial charge in [-0.3, -0.25) is 0 Å². The van der Waals surface area contributed by atoms with Crippen molar-refractivity contribution < 1.29 is 14.3 Å². The van der Waals surface area contributed by atoms with Gasteiger partial charge in [0.05, 0.1) is 12.7 Å². The first kappa shape index (κ1) is 14.8. The van der Waals surface area contributed by atoms with Crippen LogP contribution in [-0.2, 0) is 4.74 Å². The Bertz CT molecular complexity index is 672. The van der Waals surface area contributed by atoms with E-state index in [9.17, 15) is 4.79 Å². The molecule has 5 nitrogen and oxygen atoms in total. The molecule has 0 saturated heterocycles. The van der Waals surface area contributed by atoms with E-state index in [4.69, 9.17) is 21.1 Å². The number of benzene rings is 1. The molecule has 3 rings (SSSR count). The average molecular weight is 319 g/mol. The quantitative estimate of drug-likeness (QED) is 0.810. The summed E-state index contributed by atoms with van der Waals surface area (Å²) in [5, 5.41) is 8.25. The Hall–Kier alpha value is -2.14. The van der Waals surface area contributed by atoms with Crippen LogP contribution in [0.2, 0.25) is 5.15 Å². The van der Waals surface area contributed by atoms with Crippen molar-refractivity contribution in [2.45, 2.75) is 24.9 Å². The van der Waals surface area contributed by atoms with Crippen LogP contribution in [0.1, 0.15) is 34.8 Å². The lowest BCUT2D eigenvalue weighted by Gasteiger charge is -2.34. The van der Waals surface area contributed by atoms with E-state index in [0.29, 0.717) is 29.3 Å². The molecule has 0 bridgehead atoms. The Kier molecular flexibility index (Phi) is 4.24. The number of halogens is 1. The molecule has 1 aromatic carbocycles. The van der Waals surface area contributed by atoms with Crippen molar-refractivity contribution in [1.29, 1.82) is 0 Å². The Morgan fingerprint density at radius 3 is 2.64 bits per heavy atom. The summed E-state index contributed by atoms with van der Waals surface area (Å²) in [5.74, 6) is 0.504. The second-order valence-corrected chi connectivity index (χ2v) is 5.57. The molecule has 1 heterocycles. The number of hydrogen-bond donors (Lipinski definition) is 0. The second kappa shape index (κ2) is 6.32. The number of nitrogens with zero attached hydrogens (tertiary/aromatic N) is 2. The maximum absolute atomic E-state index is 12.0. The normalized spacial score (nSPS) is 20.1. The molecule has 2 aromatic rings. The Balaban J connectivity index is 1.60. The summed E-state index contributed by atoms with van der Waals surface area (Å²) in [4.78, 5) is 12.0. The second-order valence-electron chi connectivity index (χ2n) is 5.18. The Morgan fingerprint density at radius 1 is 1.23 bits per heavy atom. The number of rotatable bonds is 4. The molecule has 0 atom stereocenters. The van der Waals surface area contributed by atoms with Gasteiger partial charge >= 0.3 is 5.97 Å². The standard InChI is InChI=1S/C16H15ClN2O3/c1-21-13-9-14(17)18-19-15(13)11-7-12(8-11)22-16(20)10-5-3-2-4-6-10/h2-6,9,11-12H,7-8H2,1H3. The lowest BCUT2D eigenvalue weighted by atomic mass is 9.79. The van der Waals surface area contributed by atoms with Crippen molar-refractivity contribution in [3.05, 3.63) is 52.8 Å². The highest BCUT2D eigenvalue weighted by Gasteiger charge is 2.36. The van der Waals surface area contributed by atoms with E-state index < -0.39 is 0 Å². The largest absolute Gasteiger partial charge is 0.495 e. The molecule has 0 amide bonds. The van der Waals surface area contributed by atoms with Gasteiger partial charge in [-0.25, -0.2) is 4.79 Å². The Morgan fingerprint density at radius 2 is 1.95 bits per heavy atom. The van der Waals surface area contributed by atoms with Gasteiger partial charge in [-0.15, -0.1) is 10.2 Å². The highest BCUT2D eigenvalue weighted by Crippen LogP contribution is 2.41. The van der Waals surface area contributed by atoms with E-state index in [1.807, 2.05) is 18.2 Å². The van der Waals surface area contributed by atoms with E-state index >= 15 is 0 Å². The van der Waals surface area contributed by atoms with Crippen LogP contribution in [0, 0.1) is 0 Å². The van der Waals surface area contributed by atoms with Crippen molar-refractivity contribution in [2.75, 3.05) is 7.11 Å². The number of methoxy groups -OCH3 is 1. The van der Waals surface area contributed by atoms with Crippen LogP contribution in [0.15, 0.2) is 36.4 Å². The van der Waals surface area contributed by atoms with E-state index in [0.717, 1.165) is 5.69 Å². The van der Waals surface area contributed by atoms with Crippen molar-refractivity contribution in [2.24, 2.45) is 0 Å². The third-order valence-corrected chi connectivity index (χ3v) is 3.93. The molecule has 1 aliphatic rings. The molecule has 114 valence electrons. The van der Waals surface area contributed by atoms with Gasteiger partial charge in [0.1, 0.15) is 17.5 Å². The molecule has 1 aliphatic carbocycles. The van der Waals surface area contributed by atoms with Crippen molar-refractivity contribution in [3.63, 3.8) is 0 Å². The van der Waals surface area contributed by atoms with Gasteiger partial charge in [0, 0.05) is 12.0 Å². The van der Waals surface area contributed by atoms with Crippen molar-refractivity contribution in [1.82, 2.24) is 10.2 Å². The van der Waals surface area contributed by atoms with Gasteiger partial charge in [-0.1, -0.05) is 29.8 Å². The van der Waals surface area contributed by atoms with E-state index in [2.05, 4.69) is 10.2 Å². The molecular formula is C16H15ClN2O3. The topological polar surface area (TPSA) is 61.3 Å². The predicted octanol–water partition coefficient (Wildman–Crippen LogP) is 3.24. The molecular weight excluding hydrogens is 304 g/mol. The Labute approximate surface area is 133 Å². The van der Waals surface area contributed by atoms with Crippen LogP contribution >= 0.6 is 11.6 Å². The lowest BCUT2D eigenvalue weighted by Crippen LogP contribution is -2.32. The van der Waals surface area contributed by atoms with Crippen LogP contribution in [0.3, 0.4) is 0 Å². The summed E-state index contributed by atoms with van der Waals surface area (Å²) in [6.07, 6.45) is 1.33. The average Bonchev–Trinajstić information content (AvgIpc) is 2.51. The number of carbonyl (C=O) groups is 1. The monoisotopic (exact) mass is 318 g/mol. The molecule has 6 heteroatoms. The number of esters is 1. The van der Waals surface area contributed by atoms with Crippen molar-refractivity contribution in [3.8, 4) is 5.75 Å². The third kappa shape index (κ3) is 3.04. The molecule has 1 saturated carbocycles. The van der Waals surface area contributed by atoms with Gasteiger partial charge < -0.3 is 9.47 Å². The summed E-state index contributed by atoms with van der Waals surface area (Å²) >= 11 is 5.80. The fraction of sp³-hybridized carbons (Fsp3) is 0.312. The molecule has 0 spiro atoms. The van der Waals surface area contributed by atoms with Crippen LogP contribution in [0.4, 0.5) is 0 Å². The van der Waals surface area contributed by atoms with E-state index in [-0.39, 0.29) is 18.0 Å². The number of carbonyl (C=O) groups excluding carboxylic acids is 1. The zero-order valence-corrected chi connectivity index (χ0v) is 12.8. The van der Waals surface area contributed by atoms with Gasteiger partial charge in [-0.2, -0.15) is 0 Å². The summed E-state index contributed by atoms with van der Waals surface area (Å²) in [7, 11) is 1.57. The molecule has 1 aromatic heterocycles. The smallest absolute Gasteiger partial charge is 0.338 e. The molecule has 0 aliphatic heterocycles. The summed E-state index contributed by atoms with van der Waals surface area (Å²) in [6, 6.07) is 10.6. The highest BCUT2D eigenvalue weighted by molar-refractivity contribution is 6.29. The first-order valence-corrected chi connectivity index (χ1v) is 7.38. The van der Waals surface area contributed by atoms with E-state index in [1.54, 1.807) is 25.3 Å². The summed E-state index contributed by atoms with van der Waals surface area (Å²) < 4.78 is 10.7. The first-order chi connectivity index (χ1) is 10.7. The summed E-state index contributed by atoms with van der Waals surface area (Å²) in [6.45, 7) is 0. The predicted molar refractivity (Wildman–Crippen MR) is 81.2 cm³/mol. The maximum atomic E-state index is 12.0. The van der Waals surface area contributed by atoms with Crippen LogP contribution in [0.25, 0.3) is 0 Å². The molecule has 0 unspecified atom stereocenters.